The number of ether oxygens (including phenoxy) is 2. The molecule has 0 spiro atoms. The van der Waals surface area contributed by atoms with Crippen molar-refractivity contribution >= 4 is 46.4 Å². The molecule has 1 heterocycles. The number of thiocarbonyl (C=S) groups is 1. The molecule has 0 aromatic heterocycles. The van der Waals surface area contributed by atoms with Crippen molar-refractivity contribution in [2.75, 3.05) is 24.4 Å². The van der Waals surface area contributed by atoms with Crippen LogP contribution in [0.4, 0.5) is 11.4 Å². The maximum Gasteiger partial charge on any atom is 0.268 e. The van der Waals surface area contributed by atoms with Gasteiger partial charge in [-0.25, -0.2) is 4.90 Å². The maximum absolute atomic E-state index is 13.1. The number of hydrogen-bond donors (Lipinski definition) is 2. The molecule has 9 heteroatoms. The van der Waals surface area contributed by atoms with Crippen molar-refractivity contribution in [2.24, 2.45) is 0 Å². The Morgan fingerprint density at radius 3 is 2.12 bits per heavy atom. The standard InChI is InChI=1S/C24H19N3O5S/c1-31-17-12-7-13-18(32-2)20(17)21(28)26-24(33)25-16-11-6-10-15-19(16)23(30)27(22(15)29)14-8-4-3-5-9-14/h3-13H,1-2H3,(H2,25,26,28,33). The Bertz CT molecular complexity index is 1250. The zero-order valence-electron chi connectivity index (χ0n) is 17.7. The van der Waals surface area contributed by atoms with Gasteiger partial charge in [-0.1, -0.05) is 30.3 Å². The number of nitrogens with one attached hydrogen (secondary N) is 2. The first-order valence-electron chi connectivity index (χ1n) is 9.86. The summed E-state index contributed by atoms with van der Waals surface area (Å²) in [5.41, 5.74) is 1.37. The van der Waals surface area contributed by atoms with E-state index in [2.05, 4.69) is 10.6 Å². The predicted octanol–water partition coefficient (Wildman–Crippen LogP) is 3.63. The number of amides is 3. The second-order valence-corrected chi connectivity index (χ2v) is 7.36. The van der Waals surface area contributed by atoms with Gasteiger partial charge in [0.25, 0.3) is 17.7 Å². The van der Waals surface area contributed by atoms with Crippen molar-refractivity contribution in [3.8, 4) is 11.5 Å². The summed E-state index contributed by atoms with van der Waals surface area (Å²) in [6.07, 6.45) is 0. The van der Waals surface area contributed by atoms with Crippen LogP contribution in [-0.4, -0.2) is 37.1 Å². The summed E-state index contributed by atoms with van der Waals surface area (Å²) in [4.78, 5) is 40.0. The van der Waals surface area contributed by atoms with Crippen LogP contribution in [0, 0.1) is 0 Å². The second-order valence-electron chi connectivity index (χ2n) is 6.96. The Hall–Kier alpha value is -4.24. The fourth-order valence-corrected chi connectivity index (χ4v) is 3.80. The molecule has 0 saturated carbocycles. The molecular weight excluding hydrogens is 442 g/mol. The Kier molecular flexibility index (Phi) is 6.05. The molecule has 0 atom stereocenters. The highest BCUT2D eigenvalue weighted by atomic mass is 32.1. The number of anilines is 2. The van der Waals surface area contributed by atoms with Crippen molar-refractivity contribution in [1.29, 1.82) is 0 Å². The molecule has 1 aliphatic rings. The number of imide groups is 1. The van der Waals surface area contributed by atoms with Crippen LogP contribution >= 0.6 is 12.2 Å². The molecule has 3 aromatic carbocycles. The summed E-state index contributed by atoms with van der Waals surface area (Å²) in [6.45, 7) is 0. The van der Waals surface area contributed by atoms with Crippen LogP contribution in [0.5, 0.6) is 11.5 Å². The highest BCUT2D eigenvalue weighted by molar-refractivity contribution is 7.80. The highest BCUT2D eigenvalue weighted by Crippen LogP contribution is 2.33. The zero-order chi connectivity index (χ0) is 23.5. The SMILES string of the molecule is COc1cccc(OC)c1C(=O)NC(=S)Nc1cccc2c1C(=O)N(c1ccccc1)C2=O. The number of carbonyl (C=O) groups is 3. The molecule has 0 unspecified atom stereocenters. The topological polar surface area (TPSA) is 97.0 Å². The van der Waals surface area contributed by atoms with Gasteiger partial charge in [-0.3, -0.25) is 19.7 Å². The van der Waals surface area contributed by atoms with E-state index in [0.29, 0.717) is 22.9 Å². The van der Waals surface area contributed by atoms with Crippen LogP contribution in [0.1, 0.15) is 31.1 Å². The first kappa shape index (κ1) is 22.0. The van der Waals surface area contributed by atoms with Crippen LogP contribution < -0.4 is 25.0 Å². The Morgan fingerprint density at radius 1 is 0.848 bits per heavy atom. The number of fused-ring (bicyclic) bond motifs is 1. The van der Waals surface area contributed by atoms with E-state index in [0.717, 1.165) is 4.90 Å². The molecular formula is C24H19N3O5S. The van der Waals surface area contributed by atoms with Gasteiger partial charge in [0.05, 0.1) is 36.7 Å². The number of methoxy groups -OCH3 is 2. The summed E-state index contributed by atoms with van der Waals surface area (Å²) >= 11 is 5.30. The van der Waals surface area contributed by atoms with Gasteiger partial charge in [0.15, 0.2) is 5.11 Å². The van der Waals surface area contributed by atoms with E-state index in [1.54, 1.807) is 66.7 Å². The largest absolute Gasteiger partial charge is 0.496 e. The van der Waals surface area contributed by atoms with Gasteiger partial charge in [-0.15, -0.1) is 0 Å². The minimum atomic E-state index is -0.553. The predicted molar refractivity (Wildman–Crippen MR) is 127 cm³/mol. The molecule has 2 N–H and O–H groups in total. The molecule has 166 valence electrons. The minimum Gasteiger partial charge on any atom is -0.496 e. The average Bonchev–Trinajstić information content (AvgIpc) is 3.09. The van der Waals surface area contributed by atoms with Gasteiger partial charge in [-0.2, -0.15) is 0 Å². The van der Waals surface area contributed by atoms with Crippen LogP contribution in [0.25, 0.3) is 0 Å². The van der Waals surface area contributed by atoms with Gasteiger partial charge in [0, 0.05) is 0 Å². The van der Waals surface area contributed by atoms with Gasteiger partial charge >= 0.3 is 0 Å². The smallest absolute Gasteiger partial charge is 0.268 e. The van der Waals surface area contributed by atoms with E-state index < -0.39 is 17.7 Å². The normalized spacial score (nSPS) is 12.2. The van der Waals surface area contributed by atoms with Crippen molar-refractivity contribution in [3.05, 3.63) is 83.4 Å². The average molecular weight is 461 g/mol. The lowest BCUT2D eigenvalue weighted by atomic mass is 10.1. The monoisotopic (exact) mass is 461 g/mol. The summed E-state index contributed by atoms with van der Waals surface area (Å²) in [7, 11) is 2.88. The summed E-state index contributed by atoms with van der Waals surface area (Å²) < 4.78 is 10.5. The third-order valence-electron chi connectivity index (χ3n) is 5.06. The van der Waals surface area contributed by atoms with Crippen LogP contribution in [0.3, 0.4) is 0 Å². The zero-order valence-corrected chi connectivity index (χ0v) is 18.6. The van der Waals surface area contributed by atoms with Gasteiger partial charge < -0.3 is 14.8 Å². The molecule has 33 heavy (non-hydrogen) atoms. The van der Waals surface area contributed by atoms with E-state index >= 15 is 0 Å². The first-order chi connectivity index (χ1) is 16.0. The van der Waals surface area contributed by atoms with E-state index in [4.69, 9.17) is 21.7 Å². The lowest BCUT2D eigenvalue weighted by Gasteiger charge is -2.15. The summed E-state index contributed by atoms with van der Waals surface area (Å²) in [5, 5.41) is 5.37. The fourth-order valence-electron chi connectivity index (χ4n) is 3.60. The Morgan fingerprint density at radius 2 is 1.48 bits per heavy atom. The Labute approximate surface area is 195 Å². The molecule has 0 saturated heterocycles. The maximum atomic E-state index is 13.1. The molecule has 0 aliphatic carbocycles. The van der Waals surface area contributed by atoms with Crippen molar-refractivity contribution in [3.63, 3.8) is 0 Å². The van der Waals surface area contributed by atoms with Crippen molar-refractivity contribution in [1.82, 2.24) is 5.32 Å². The summed E-state index contributed by atoms with van der Waals surface area (Å²) in [6, 6.07) is 18.4. The van der Waals surface area contributed by atoms with Crippen LogP contribution in [0.2, 0.25) is 0 Å². The van der Waals surface area contributed by atoms with E-state index in [1.807, 2.05) is 0 Å². The van der Waals surface area contributed by atoms with Gasteiger partial charge in [0.1, 0.15) is 17.1 Å². The number of benzene rings is 3. The lowest BCUT2D eigenvalue weighted by molar-refractivity contribution is 0.0923. The van der Waals surface area contributed by atoms with Crippen molar-refractivity contribution < 1.29 is 23.9 Å². The van der Waals surface area contributed by atoms with Gasteiger partial charge in [-0.05, 0) is 48.6 Å². The number of nitrogens with zero attached hydrogens (tertiary/aromatic N) is 1. The third-order valence-corrected chi connectivity index (χ3v) is 5.26. The first-order valence-corrected chi connectivity index (χ1v) is 10.3. The van der Waals surface area contributed by atoms with Crippen LogP contribution in [-0.2, 0) is 0 Å². The molecule has 1 aliphatic heterocycles. The second kappa shape index (κ2) is 9.09. The molecule has 0 bridgehead atoms. The molecule has 4 rings (SSSR count). The fraction of sp³-hybridized carbons (Fsp3) is 0.0833. The van der Waals surface area contributed by atoms with Gasteiger partial charge in [0.2, 0.25) is 0 Å². The number of para-hydroxylation sites is 1. The minimum absolute atomic E-state index is 0.0558. The third kappa shape index (κ3) is 4.01. The van der Waals surface area contributed by atoms with E-state index in [9.17, 15) is 14.4 Å². The van der Waals surface area contributed by atoms with E-state index in [1.165, 1.54) is 14.2 Å². The molecule has 0 fully saturated rings. The van der Waals surface area contributed by atoms with E-state index in [-0.39, 0.29) is 21.8 Å². The molecule has 3 amide bonds. The van der Waals surface area contributed by atoms with Crippen LogP contribution in [0.15, 0.2) is 66.7 Å². The quantitative estimate of drug-likeness (QED) is 0.442. The number of hydrogen-bond acceptors (Lipinski definition) is 6. The number of carbonyl (C=O) groups excluding carboxylic acids is 3. The number of rotatable bonds is 5. The Balaban J connectivity index is 1.58. The lowest BCUT2D eigenvalue weighted by Crippen LogP contribution is -2.35. The van der Waals surface area contributed by atoms with Crippen molar-refractivity contribution in [2.45, 2.75) is 0 Å². The highest BCUT2D eigenvalue weighted by Gasteiger charge is 2.38. The summed E-state index contributed by atoms with van der Waals surface area (Å²) in [5.74, 6) is -0.838. The molecule has 3 aromatic rings. The molecule has 8 nitrogen and oxygen atoms in total. The molecule has 0 radical (unpaired) electrons.